The molecule has 7 heteroatoms. The van der Waals surface area contributed by atoms with E-state index in [2.05, 4.69) is 9.88 Å². The summed E-state index contributed by atoms with van der Waals surface area (Å²) in [5.74, 6) is 0.625. The van der Waals surface area contributed by atoms with Crippen LogP contribution in [0.15, 0.2) is 39.8 Å². The van der Waals surface area contributed by atoms with Gasteiger partial charge in [0.15, 0.2) is 5.76 Å². The van der Waals surface area contributed by atoms with Crippen LogP contribution >= 0.6 is 11.3 Å². The summed E-state index contributed by atoms with van der Waals surface area (Å²) < 4.78 is 33.6. The monoisotopic (exact) mass is 376 g/mol. The van der Waals surface area contributed by atoms with Crippen molar-refractivity contribution in [1.29, 1.82) is 0 Å². The highest BCUT2D eigenvalue weighted by Crippen LogP contribution is 2.36. The third-order valence-electron chi connectivity index (χ3n) is 4.13. The van der Waals surface area contributed by atoms with Crippen molar-refractivity contribution in [3.05, 3.63) is 52.0 Å². The van der Waals surface area contributed by atoms with Crippen LogP contribution in [0.2, 0.25) is 0 Å². The van der Waals surface area contributed by atoms with Crippen LogP contribution in [-0.4, -0.2) is 13.6 Å². The molecule has 2 aromatic heterocycles. The van der Waals surface area contributed by atoms with Crippen molar-refractivity contribution >= 4 is 27.0 Å². The Morgan fingerprint density at radius 3 is 2.60 bits per heavy atom. The number of hydrogen-bond acceptors (Lipinski definition) is 5. The summed E-state index contributed by atoms with van der Waals surface area (Å²) >= 11 is 1.39. The first-order chi connectivity index (χ1) is 11.8. The number of rotatable bonds is 5. The number of benzene rings is 1. The molecule has 0 radical (unpaired) electrons. The lowest BCUT2D eigenvalue weighted by Gasteiger charge is -2.08. The van der Waals surface area contributed by atoms with Gasteiger partial charge in [-0.3, -0.25) is 4.72 Å². The highest BCUT2D eigenvalue weighted by molar-refractivity contribution is 7.93. The lowest BCUT2D eigenvalue weighted by molar-refractivity contribution is 0.427. The fraction of sp³-hybridized carbons (Fsp3) is 0.278. The van der Waals surface area contributed by atoms with Gasteiger partial charge in [0.1, 0.15) is 4.90 Å². The summed E-state index contributed by atoms with van der Waals surface area (Å²) in [4.78, 5) is 1.74. The Balaban J connectivity index is 1.96. The second kappa shape index (κ2) is 6.65. The number of aromatic nitrogens is 1. The van der Waals surface area contributed by atoms with Crippen LogP contribution in [0, 0.1) is 20.8 Å². The molecule has 2 heterocycles. The van der Waals surface area contributed by atoms with Gasteiger partial charge in [-0.05, 0) is 51.0 Å². The third kappa shape index (κ3) is 3.48. The normalized spacial score (nSPS) is 11.7. The first-order valence-corrected chi connectivity index (χ1v) is 10.3. The minimum Gasteiger partial charge on any atom is -0.355 e. The molecule has 0 amide bonds. The fourth-order valence-electron chi connectivity index (χ4n) is 2.55. The molecular formula is C18H20N2O3S2. The van der Waals surface area contributed by atoms with Crippen molar-refractivity contribution in [3.8, 4) is 10.6 Å². The van der Waals surface area contributed by atoms with Gasteiger partial charge in [0.25, 0.3) is 10.0 Å². The maximum atomic E-state index is 12.8. The molecule has 132 valence electrons. The lowest BCUT2D eigenvalue weighted by Crippen LogP contribution is -2.13. The number of thiophene rings is 1. The van der Waals surface area contributed by atoms with Crippen LogP contribution in [0.5, 0.6) is 0 Å². The zero-order chi connectivity index (χ0) is 18.2. The second-order valence-corrected chi connectivity index (χ2v) is 8.82. The molecule has 25 heavy (non-hydrogen) atoms. The quantitative estimate of drug-likeness (QED) is 0.701. The Morgan fingerprint density at radius 1 is 1.20 bits per heavy atom. The Kier molecular flexibility index (Phi) is 4.71. The van der Waals surface area contributed by atoms with E-state index in [9.17, 15) is 8.42 Å². The maximum absolute atomic E-state index is 12.8. The number of sulfonamides is 1. The van der Waals surface area contributed by atoms with Gasteiger partial charge in [-0.1, -0.05) is 24.2 Å². The number of anilines is 1. The zero-order valence-corrected chi connectivity index (χ0v) is 16.2. The van der Waals surface area contributed by atoms with Crippen molar-refractivity contribution in [1.82, 2.24) is 5.16 Å². The van der Waals surface area contributed by atoms with E-state index in [0.29, 0.717) is 16.3 Å². The smallest absolute Gasteiger partial charge is 0.263 e. The Bertz CT molecular complexity index is 1020. The number of aryl methyl sites for hydroxylation is 3. The van der Waals surface area contributed by atoms with Crippen LogP contribution in [0.1, 0.15) is 28.6 Å². The standard InChI is InChI=1S/C18H20N2O3S2/c1-5-14-7-6-8-15(9-14)20-25(21,22)17-10-16(24-13(17)4)18-11(2)12(3)19-23-18/h6-10,20H,5H2,1-4H3. The van der Waals surface area contributed by atoms with Gasteiger partial charge in [0, 0.05) is 16.1 Å². The first kappa shape index (κ1) is 17.7. The molecule has 0 saturated heterocycles. The van der Waals surface area contributed by atoms with Crippen LogP contribution in [-0.2, 0) is 16.4 Å². The van der Waals surface area contributed by atoms with Crippen molar-refractivity contribution in [2.24, 2.45) is 0 Å². The maximum Gasteiger partial charge on any atom is 0.263 e. The fourth-order valence-corrected chi connectivity index (χ4v) is 5.23. The van der Waals surface area contributed by atoms with Gasteiger partial charge in [0.2, 0.25) is 0 Å². The molecule has 3 aromatic rings. The van der Waals surface area contributed by atoms with E-state index in [1.165, 1.54) is 11.3 Å². The molecule has 0 aliphatic heterocycles. The summed E-state index contributed by atoms with van der Waals surface area (Å²) in [7, 11) is -3.66. The Hall–Kier alpha value is -2.12. The lowest BCUT2D eigenvalue weighted by atomic mass is 10.1. The van der Waals surface area contributed by atoms with E-state index < -0.39 is 10.0 Å². The molecule has 0 atom stereocenters. The van der Waals surface area contributed by atoms with Crippen molar-refractivity contribution in [3.63, 3.8) is 0 Å². The molecular weight excluding hydrogens is 356 g/mol. The van der Waals surface area contributed by atoms with Crippen LogP contribution in [0.4, 0.5) is 5.69 Å². The zero-order valence-electron chi connectivity index (χ0n) is 14.6. The third-order valence-corrected chi connectivity index (χ3v) is 6.82. The molecule has 0 spiro atoms. The van der Waals surface area contributed by atoms with Crippen LogP contribution in [0.3, 0.4) is 0 Å². The minimum atomic E-state index is -3.66. The topological polar surface area (TPSA) is 72.2 Å². The predicted octanol–water partition coefficient (Wildman–Crippen LogP) is 4.69. The molecule has 0 fully saturated rings. The van der Waals surface area contributed by atoms with E-state index in [0.717, 1.165) is 28.1 Å². The van der Waals surface area contributed by atoms with Crippen molar-refractivity contribution in [2.75, 3.05) is 4.72 Å². The first-order valence-electron chi connectivity index (χ1n) is 7.97. The van der Waals surface area contributed by atoms with E-state index in [1.54, 1.807) is 19.1 Å². The van der Waals surface area contributed by atoms with Gasteiger partial charge < -0.3 is 4.52 Å². The molecule has 3 rings (SSSR count). The molecule has 0 aliphatic rings. The summed E-state index contributed by atoms with van der Waals surface area (Å²) in [5.41, 5.74) is 3.38. The minimum absolute atomic E-state index is 0.267. The van der Waals surface area contributed by atoms with Gasteiger partial charge in [0.05, 0.1) is 10.6 Å². The average Bonchev–Trinajstić information content (AvgIpc) is 3.11. The second-order valence-electron chi connectivity index (χ2n) is 5.91. The Labute approximate surface area is 151 Å². The molecule has 0 unspecified atom stereocenters. The number of nitrogens with zero attached hydrogens (tertiary/aromatic N) is 1. The van der Waals surface area contributed by atoms with E-state index >= 15 is 0 Å². The van der Waals surface area contributed by atoms with Gasteiger partial charge >= 0.3 is 0 Å². The van der Waals surface area contributed by atoms with Crippen LogP contribution < -0.4 is 4.72 Å². The molecule has 1 N–H and O–H groups in total. The summed E-state index contributed by atoms with van der Waals surface area (Å²) in [6.07, 6.45) is 0.849. The summed E-state index contributed by atoms with van der Waals surface area (Å²) in [5, 5.41) is 3.95. The van der Waals surface area contributed by atoms with Crippen LogP contribution in [0.25, 0.3) is 10.6 Å². The highest BCUT2D eigenvalue weighted by Gasteiger charge is 2.23. The SMILES string of the molecule is CCc1cccc(NS(=O)(=O)c2cc(-c3onc(C)c3C)sc2C)c1. The average molecular weight is 377 g/mol. The molecule has 1 aromatic carbocycles. The highest BCUT2D eigenvalue weighted by atomic mass is 32.2. The van der Waals surface area contributed by atoms with Gasteiger partial charge in [-0.25, -0.2) is 8.42 Å². The van der Waals surface area contributed by atoms with E-state index in [1.807, 2.05) is 39.0 Å². The molecule has 0 bridgehead atoms. The van der Waals surface area contributed by atoms with Crippen molar-refractivity contribution < 1.29 is 12.9 Å². The van der Waals surface area contributed by atoms with E-state index in [-0.39, 0.29) is 4.90 Å². The molecule has 5 nitrogen and oxygen atoms in total. The number of nitrogens with one attached hydrogen (secondary N) is 1. The van der Waals surface area contributed by atoms with Gasteiger partial charge in [-0.15, -0.1) is 11.3 Å². The largest absolute Gasteiger partial charge is 0.355 e. The van der Waals surface area contributed by atoms with Gasteiger partial charge in [-0.2, -0.15) is 0 Å². The molecule has 0 saturated carbocycles. The molecule has 0 aliphatic carbocycles. The van der Waals surface area contributed by atoms with E-state index in [4.69, 9.17) is 4.52 Å². The predicted molar refractivity (Wildman–Crippen MR) is 101 cm³/mol. The summed E-state index contributed by atoms with van der Waals surface area (Å²) in [6, 6.07) is 9.08. The summed E-state index contributed by atoms with van der Waals surface area (Å²) in [6.45, 7) is 7.61. The number of hydrogen-bond donors (Lipinski definition) is 1. The Morgan fingerprint density at radius 2 is 1.96 bits per heavy atom. The van der Waals surface area contributed by atoms with Crippen molar-refractivity contribution in [2.45, 2.75) is 39.0 Å².